The fraction of sp³-hybridized carbons (Fsp3) is 0.286. The van der Waals surface area contributed by atoms with E-state index in [1.165, 1.54) is 0 Å². The van der Waals surface area contributed by atoms with Crippen LogP contribution in [0.25, 0.3) is 0 Å². The molecule has 0 spiro atoms. The molecule has 0 bridgehead atoms. The lowest BCUT2D eigenvalue weighted by Crippen LogP contribution is -2.46. The molecule has 0 saturated heterocycles. The largest absolute Gasteiger partial charge is 0.489 e. The van der Waals surface area contributed by atoms with Gasteiger partial charge in [0.1, 0.15) is 18.4 Å². The molecule has 0 heterocycles. The SMILES string of the molecule is CC(Nc1ccc(OCc2cccc(C#N)c2)cc1)C(=O)NC(=O)NC1CC1. The van der Waals surface area contributed by atoms with Crippen LogP contribution in [0.5, 0.6) is 5.75 Å². The van der Waals surface area contributed by atoms with Crippen molar-refractivity contribution in [3.63, 3.8) is 0 Å². The van der Waals surface area contributed by atoms with Crippen LogP contribution in [0.1, 0.15) is 30.9 Å². The standard InChI is InChI=1S/C21H22N4O3/c1-14(20(26)25-21(27)24-18-5-6-18)23-17-7-9-19(10-8-17)28-13-16-4-2-3-15(11-16)12-22/h2-4,7-11,14,18,23H,5-6,13H2,1H3,(H2,24,25,26,27). The highest BCUT2D eigenvalue weighted by atomic mass is 16.5. The minimum absolute atomic E-state index is 0.200. The average Bonchev–Trinajstić information content (AvgIpc) is 3.51. The first kappa shape index (κ1) is 19.2. The van der Waals surface area contributed by atoms with E-state index >= 15 is 0 Å². The second-order valence-corrected chi connectivity index (χ2v) is 6.73. The molecule has 1 aliphatic carbocycles. The van der Waals surface area contributed by atoms with Crippen molar-refractivity contribution in [3.05, 3.63) is 59.7 Å². The van der Waals surface area contributed by atoms with E-state index in [2.05, 4.69) is 22.0 Å². The summed E-state index contributed by atoms with van der Waals surface area (Å²) in [4.78, 5) is 23.7. The van der Waals surface area contributed by atoms with Crippen LogP contribution in [-0.2, 0) is 11.4 Å². The number of hydrogen-bond acceptors (Lipinski definition) is 5. The Morgan fingerprint density at radius 2 is 1.96 bits per heavy atom. The third-order valence-corrected chi connectivity index (χ3v) is 4.24. The summed E-state index contributed by atoms with van der Waals surface area (Å²) in [6.45, 7) is 2.05. The number of amides is 3. The Morgan fingerprint density at radius 1 is 1.21 bits per heavy atom. The van der Waals surface area contributed by atoms with E-state index in [1.54, 1.807) is 43.3 Å². The van der Waals surface area contributed by atoms with Gasteiger partial charge >= 0.3 is 6.03 Å². The molecule has 7 heteroatoms. The molecule has 1 fully saturated rings. The molecule has 0 aliphatic heterocycles. The highest BCUT2D eigenvalue weighted by molar-refractivity contribution is 5.98. The highest BCUT2D eigenvalue weighted by Gasteiger charge is 2.24. The zero-order chi connectivity index (χ0) is 19.9. The van der Waals surface area contributed by atoms with E-state index < -0.39 is 18.0 Å². The van der Waals surface area contributed by atoms with Gasteiger partial charge in [-0.3, -0.25) is 10.1 Å². The first-order valence-corrected chi connectivity index (χ1v) is 9.13. The number of nitrogens with zero attached hydrogens (tertiary/aromatic N) is 1. The van der Waals surface area contributed by atoms with Gasteiger partial charge < -0.3 is 15.4 Å². The molecule has 1 unspecified atom stereocenters. The predicted octanol–water partition coefficient (Wildman–Crippen LogP) is 2.93. The molecule has 3 N–H and O–H groups in total. The zero-order valence-electron chi connectivity index (χ0n) is 15.6. The highest BCUT2D eigenvalue weighted by Crippen LogP contribution is 2.19. The van der Waals surface area contributed by atoms with Crippen molar-refractivity contribution >= 4 is 17.6 Å². The second kappa shape index (κ2) is 8.91. The summed E-state index contributed by atoms with van der Waals surface area (Å²) in [6.07, 6.45) is 1.93. The van der Waals surface area contributed by atoms with Crippen LogP contribution in [0.3, 0.4) is 0 Å². The van der Waals surface area contributed by atoms with Gasteiger partial charge in [-0.1, -0.05) is 12.1 Å². The van der Waals surface area contributed by atoms with Crippen LogP contribution in [0.4, 0.5) is 10.5 Å². The number of benzene rings is 2. The average molecular weight is 378 g/mol. The van der Waals surface area contributed by atoms with Crippen molar-refractivity contribution in [3.8, 4) is 11.8 Å². The Morgan fingerprint density at radius 3 is 2.64 bits per heavy atom. The summed E-state index contributed by atoms with van der Waals surface area (Å²) in [5.74, 6) is 0.282. The Labute approximate surface area is 163 Å². The summed E-state index contributed by atoms with van der Waals surface area (Å²) in [6, 6.07) is 15.7. The van der Waals surface area contributed by atoms with Gasteiger partial charge in [0, 0.05) is 11.7 Å². The van der Waals surface area contributed by atoms with Gasteiger partial charge in [0.05, 0.1) is 11.6 Å². The van der Waals surface area contributed by atoms with Crippen molar-refractivity contribution in [2.45, 2.75) is 38.5 Å². The van der Waals surface area contributed by atoms with Crippen LogP contribution in [0.2, 0.25) is 0 Å². The van der Waals surface area contributed by atoms with Crippen LogP contribution < -0.4 is 20.7 Å². The number of rotatable bonds is 7. The van der Waals surface area contributed by atoms with Gasteiger partial charge in [-0.05, 0) is 61.7 Å². The van der Waals surface area contributed by atoms with E-state index in [0.29, 0.717) is 17.9 Å². The van der Waals surface area contributed by atoms with Crippen molar-refractivity contribution in [1.29, 1.82) is 5.26 Å². The van der Waals surface area contributed by atoms with Gasteiger partial charge in [0.2, 0.25) is 5.91 Å². The summed E-state index contributed by atoms with van der Waals surface area (Å²) >= 11 is 0. The number of urea groups is 1. The third-order valence-electron chi connectivity index (χ3n) is 4.24. The van der Waals surface area contributed by atoms with Gasteiger partial charge in [-0.25, -0.2) is 4.79 Å². The first-order valence-electron chi connectivity index (χ1n) is 9.13. The number of ether oxygens (including phenoxy) is 1. The van der Waals surface area contributed by atoms with Crippen molar-refractivity contribution < 1.29 is 14.3 Å². The monoisotopic (exact) mass is 378 g/mol. The summed E-state index contributed by atoms with van der Waals surface area (Å²) in [5, 5.41) is 17.0. The van der Waals surface area contributed by atoms with E-state index in [-0.39, 0.29) is 6.04 Å². The molecule has 0 aromatic heterocycles. The van der Waals surface area contributed by atoms with Gasteiger partial charge in [0.25, 0.3) is 0 Å². The topological polar surface area (TPSA) is 103 Å². The van der Waals surface area contributed by atoms with Crippen molar-refractivity contribution in [2.75, 3.05) is 5.32 Å². The molecule has 2 aromatic rings. The van der Waals surface area contributed by atoms with Gasteiger partial charge in [-0.15, -0.1) is 0 Å². The van der Waals surface area contributed by atoms with Crippen molar-refractivity contribution in [2.24, 2.45) is 0 Å². The summed E-state index contributed by atoms with van der Waals surface area (Å²) < 4.78 is 5.73. The number of carbonyl (C=O) groups excluding carboxylic acids is 2. The van der Waals surface area contributed by atoms with E-state index in [9.17, 15) is 9.59 Å². The van der Waals surface area contributed by atoms with Crippen LogP contribution in [0.15, 0.2) is 48.5 Å². The molecule has 2 aromatic carbocycles. The Bertz CT molecular complexity index is 885. The molecule has 0 radical (unpaired) electrons. The number of imide groups is 1. The summed E-state index contributed by atoms with van der Waals surface area (Å²) in [7, 11) is 0. The lowest BCUT2D eigenvalue weighted by atomic mass is 10.1. The number of carbonyl (C=O) groups is 2. The number of anilines is 1. The number of nitrogens with one attached hydrogen (secondary N) is 3. The number of hydrogen-bond donors (Lipinski definition) is 3. The van der Waals surface area contributed by atoms with Crippen LogP contribution in [-0.4, -0.2) is 24.0 Å². The molecular weight excluding hydrogens is 356 g/mol. The fourth-order valence-electron chi connectivity index (χ4n) is 2.53. The first-order chi connectivity index (χ1) is 13.5. The lowest BCUT2D eigenvalue weighted by molar-refractivity contribution is -0.120. The molecule has 1 saturated carbocycles. The van der Waals surface area contributed by atoms with E-state index in [1.807, 2.05) is 12.1 Å². The minimum Gasteiger partial charge on any atom is -0.489 e. The Balaban J connectivity index is 1.47. The quantitative estimate of drug-likeness (QED) is 0.687. The normalized spacial score (nSPS) is 13.7. The molecule has 144 valence electrons. The smallest absolute Gasteiger partial charge is 0.321 e. The fourth-order valence-corrected chi connectivity index (χ4v) is 2.53. The maximum absolute atomic E-state index is 12.1. The van der Waals surface area contributed by atoms with Crippen LogP contribution in [0, 0.1) is 11.3 Å². The van der Waals surface area contributed by atoms with E-state index in [0.717, 1.165) is 24.1 Å². The molecule has 3 rings (SSSR count). The lowest BCUT2D eigenvalue weighted by Gasteiger charge is -2.15. The molecular formula is C21H22N4O3. The maximum atomic E-state index is 12.1. The van der Waals surface area contributed by atoms with Gasteiger partial charge in [0.15, 0.2) is 0 Å². The van der Waals surface area contributed by atoms with Crippen LogP contribution >= 0.6 is 0 Å². The van der Waals surface area contributed by atoms with E-state index in [4.69, 9.17) is 10.00 Å². The molecule has 7 nitrogen and oxygen atoms in total. The molecule has 3 amide bonds. The maximum Gasteiger partial charge on any atom is 0.321 e. The predicted molar refractivity (Wildman–Crippen MR) is 105 cm³/mol. The Kier molecular flexibility index (Phi) is 6.12. The summed E-state index contributed by atoms with van der Waals surface area (Å²) in [5.41, 5.74) is 2.25. The molecule has 1 aliphatic rings. The zero-order valence-corrected chi connectivity index (χ0v) is 15.6. The molecule has 28 heavy (non-hydrogen) atoms. The van der Waals surface area contributed by atoms with Crippen molar-refractivity contribution in [1.82, 2.24) is 10.6 Å². The van der Waals surface area contributed by atoms with Gasteiger partial charge in [-0.2, -0.15) is 5.26 Å². The molecule has 1 atom stereocenters. The number of nitriles is 1. The Hall–Kier alpha value is -3.53. The third kappa shape index (κ3) is 5.74. The minimum atomic E-state index is -0.564. The second-order valence-electron chi connectivity index (χ2n) is 6.73.